The van der Waals surface area contributed by atoms with Crippen molar-refractivity contribution >= 4 is 34.8 Å². The van der Waals surface area contributed by atoms with Gasteiger partial charge in [-0.2, -0.15) is 0 Å². The zero-order chi connectivity index (χ0) is 36.5. The summed E-state index contributed by atoms with van der Waals surface area (Å²) < 4.78 is 21.4. The maximum Gasteiger partial charge on any atom is 0.329 e. The number of ketones is 2. The minimum atomic E-state index is -1.00. The largest absolute Gasteiger partial charge is 0.480 e. The normalized spacial score (nSPS) is 18.2. The van der Waals surface area contributed by atoms with Gasteiger partial charge in [0.25, 0.3) is 0 Å². The summed E-state index contributed by atoms with van der Waals surface area (Å²) in [6.45, 7) is 9.91. The number of carbonyl (C=O) groups excluding carboxylic acids is 3. The average Bonchev–Trinajstić information content (AvgIpc) is 3.68. The number of Topliss-reactive ketones (excluding diaryl/α,β-unsaturated/α-hetero) is 2. The molecule has 0 aliphatic heterocycles. The van der Waals surface area contributed by atoms with Crippen LogP contribution >= 0.6 is 11.3 Å². The van der Waals surface area contributed by atoms with E-state index in [1.54, 1.807) is 11.3 Å². The van der Waals surface area contributed by atoms with Gasteiger partial charge in [0.15, 0.2) is 5.78 Å². The van der Waals surface area contributed by atoms with E-state index in [2.05, 4.69) is 10.3 Å². The fourth-order valence-electron chi connectivity index (χ4n) is 6.04. The lowest BCUT2D eigenvalue weighted by Gasteiger charge is -2.32. The number of aryl methyl sites for hydroxylation is 1. The molecule has 0 radical (unpaired) electrons. The van der Waals surface area contributed by atoms with E-state index in [0.717, 1.165) is 41.0 Å². The SMILES string of the molecule is Cc1ncsc1-c1ccc(CNC(=O)[C@@H]2C[C@@H](O)CC2C(=O)[C@@H](CC(=O)COCCOCCCCCOCCOCC(=O)O)C(C)(C)C)cc1. The Kier molecular flexibility index (Phi) is 17.6. The second-order valence-electron chi connectivity index (χ2n) is 13.9. The summed E-state index contributed by atoms with van der Waals surface area (Å²) in [6.07, 6.45) is 2.28. The maximum absolute atomic E-state index is 13.9. The minimum Gasteiger partial charge on any atom is -0.480 e. The standard InChI is InChI=1S/C37H54N2O10S/c1-25-35(50-24-39-25)27-10-8-26(9-11-27)21-38-36(45)31-19-28(40)18-30(31)34(44)32(37(2,3)4)20-29(41)22-48-16-14-46-12-6-5-7-13-47-15-17-49-23-33(42)43/h8-11,24,28,30-32,40H,5-7,12-23H2,1-4H3,(H,38,45)(H,42,43)/t28-,30?,31+,32+/m0/s1. The Morgan fingerprint density at radius 3 is 2.06 bits per heavy atom. The minimum absolute atomic E-state index is 0.00344. The van der Waals surface area contributed by atoms with E-state index >= 15 is 0 Å². The quantitative estimate of drug-likeness (QED) is 0.129. The number of thiazole rings is 1. The first-order chi connectivity index (χ1) is 23.9. The third-order valence-corrected chi connectivity index (χ3v) is 9.78. The van der Waals surface area contributed by atoms with E-state index < -0.39 is 35.2 Å². The van der Waals surface area contributed by atoms with Crippen molar-refractivity contribution in [3.8, 4) is 10.4 Å². The van der Waals surface area contributed by atoms with Gasteiger partial charge in [-0.05, 0) is 55.6 Å². The summed E-state index contributed by atoms with van der Waals surface area (Å²) in [6, 6.07) is 7.93. The smallest absolute Gasteiger partial charge is 0.329 e. The molecule has 0 spiro atoms. The number of hydrogen-bond acceptors (Lipinski definition) is 11. The molecule has 4 atom stereocenters. The summed E-state index contributed by atoms with van der Waals surface area (Å²) in [5.41, 5.74) is 4.26. The number of amides is 1. The number of nitrogens with zero attached hydrogens (tertiary/aromatic N) is 1. The molecule has 1 aromatic heterocycles. The summed E-state index contributed by atoms with van der Waals surface area (Å²) in [4.78, 5) is 56.0. The molecule has 50 heavy (non-hydrogen) atoms. The zero-order valence-corrected chi connectivity index (χ0v) is 30.6. The van der Waals surface area contributed by atoms with Crippen LogP contribution in [0.25, 0.3) is 10.4 Å². The summed E-state index contributed by atoms with van der Waals surface area (Å²) in [7, 11) is 0. The predicted octanol–water partition coefficient (Wildman–Crippen LogP) is 4.63. The molecule has 3 N–H and O–H groups in total. The van der Waals surface area contributed by atoms with Crippen LogP contribution in [0.2, 0.25) is 0 Å². The number of aliphatic carboxylic acids is 1. The molecule has 1 fully saturated rings. The van der Waals surface area contributed by atoms with E-state index in [0.29, 0.717) is 33.0 Å². The lowest BCUT2D eigenvalue weighted by molar-refractivity contribution is -0.142. The van der Waals surface area contributed by atoms with E-state index in [1.165, 1.54) is 0 Å². The number of carboxylic acids is 1. The topological polar surface area (TPSA) is 171 Å². The number of unbranched alkanes of at least 4 members (excludes halogenated alkanes) is 2. The predicted molar refractivity (Wildman–Crippen MR) is 189 cm³/mol. The second kappa shape index (κ2) is 21.3. The van der Waals surface area contributed by atoms with Crippen LogP contribution in [0.1, 0.15) is 70.6 Å². The summed E-state index contributed by atoms with van der Waals surface area (Å²) in [5, 5.41) is 22.0. The Hall–Kier alpha value is -3.07. The number of carboxylic acid groups (broad SMARTS) is 1. The molecule has 1 aromatic carbocycles. The van der Waals surface area contributed by atoms with Crippen LogP contribution in [-0.4, -0.2) is 97.6 Å². The van der Waals surface area contributed by atoms with Crippen molar-refractivity contribution in [2.75, 3.05) is 52.9 Å². The Labute approximate surface area is 299 Å². The molecule has 13 heteroatoms. The molecule has 278 valence electrons. The van der Waals surface area contributed by atoms with Gasteiger partial charge in [-0.25, -0.2) is 9.78 Å². The first-order valence-electron chi connectivity index (χ1n) is 17.4. The highest BCUT2D eigenvalue weighted by atomic mass is 32.1. The van der Waals surface area contributed by atoms with Gasteiger partial charge in [-0.3, -0.25) is 14.4 Å². The Bertz CT molecular complexity index is 1360. The third kappa shape index (κ3) is 14.3. The van der Waals surface area contributed by atoms with Gasteiger partial charge in [-0.1, -0.05) is 45.0 Å². The molecule has 1 saturated carbocycles. The van der Waals surface area contributed by atoms with Crippen molar-refractivity contribution in [1.82, 2.24) is 10.3 Å². The van der Waals surface area contributed by atoms with Gasteiger partial charge in [0.2, 0.25) is 5.91 Å². The molecular weight excluding hydrogens is 664 g/mol. The first kappa shape index (κ1) is 41.4. The molecule has 1 unspecified atom stereocenters. The number of aliphatic hydroxyl groups excluding tert-OH is 1. The van der Waals surface area contributed by atoms with Crippen molar-refractivity contribution in [2.45, 2.75) is 78.9 Å². The Morgan fingerprint density at radius 1 is 0.880 bits per heavy atom. The number of aromatic nitrogens is 1. The van der Waals surface area contributed by atoms with Crippen molar-refractivity contribution in [3.63, 3.8) is 0 Å². The molecule has 1 amide bonds. The Morgan fingerprint density at radius 2 is 1.48 bits per heavy atom. The van der Waals surface area contributed by atoms with Crippen molar-refractivity contribution < 1.29 is 48.3 Å². The summed E-state index contributed by atoms with van der Waals surface area (Å²) in [5.74, 6) is -3.57. The van der Waals surface area contributed by atoms with Crippen molar-refractivity contribution in [3.05, 3.63) is 41.0 Å². The van der Waals surface area contributed by atoms with Crippen LogP contribution in [0.15, 0.2) is 29.8 Å². The highest BCUT2D eigenvalue weighted by molar-refractivity contribution is 7.13. The van der Waals surface area contributed by atoms with E-state index in [-0.39, 0.29) is 63.2 Å². The van der Waals surface area contributed by atoms with Crippen LogP contribution < -0.4 is 5.32 Å². The molecule has 12 nitrogen and oxygen atoms in total. The molecule has 0 bridgehead atoms. The number of rotatable bonds is 24. The van der Waals surface area contributed by atoms with Crippen LogP contribution in [0.5, 0.6) is 0 Å². The number of ether oxygens (including phenoxy) is 4. The number of aliphatic hydroxyl groups is 1. The molecule has 1 heterocycles. The van der Waals surface area contributed by atoms with Gasteiger partial charge in [0, 0.05) is 38.0 Å². The van der Waals surface area contributed by atoms with Gasteiger partial charge in [-0.15, -0.1) is 11.3 Å². The maximum atomic E-state index is 13.9. The number of hydrogen-bond donors (Lipinski definition) is 3. The van der Waals surface area contributed by atoms with Crippen LogP contribution in [0, 0.1) is 30.1 Å². The lowest BCUT2D eigenvalue weighted by Crippen LogP contribution is -2.41. The second-order valence-corrected chi connectivity index (χ2v) is 14.7. The lowest BCUT2D eigenvalue weighted by atomic mass is 9.70. The van der Waals surface area contributed by atoms with E-state index in [9.17, 15) is 24.3 Å². The van der Waals surface area contributed by atoms with Crippen molar-refractivity contribution in [1.29, 1.82) is 0 Å². The average molecular weight is 719 g/mol. The van der Waals surface area contributed by atoms with Crippen LogP contribution in [0.4, 0.5) is 0 Å². The van der Waals surface area contributed by atoms with Gasteiger partial charge >= 0.3 is 5.97 Å². The van der Waals surface area contributed by atoms with Gasteiger partial charge in [0.1, 0.15) is 19.0 Å². The summed E-state index contributed by atoms with van der Waals surface area (Å²) >= 11 is 1.58. The molecular formula is C37H54N2O10S. The van der Waals surface area contributed by atoms with Gasteiger partial charge in [0.05, 0.1) is 54.5 Å². The number of nitrogens with one attached hydrogen (secondary N) is 1. The fourth-order valence-corrected chi connectivity index (χ4v) is 6.85. The van der Waals surface area contributed by atoms with Crippen LogP contribution in [0.3, 0.4) is 0 Å². The molecule has 2 aromatic rings. The van der Waals surface area contributed by atoms with Crippen molar-refractivity contribution in [2.24, 2.45) is 23.2 Å². The fraction of sp³-hybridized carbons (Fsp3) is 0.649. The third-order valence-electron chi connectivity index (χ3n) is 8.80. The van der Waals surface area contributed by atoms with Gasteiger partial charge < -0.3 is 34.5 Å². The Balaban J connectivity index is 1.36. The van der Waals surface area contributed by atoms with Crippen LogP contribution in [-0.2, 0) is 44.7 Å². The first-order valence-corrected chi connectivity index (χ1v) is 18.3. The molecule has 0 saturated heterocycles. The number of carbonyl (C=O) groups is 4. The van der Waals surface area contributed by atoms with E-state index in [1.807, 2.05) is 57.5 Å². The zero-order valence-electron chi connectivity index (χ0n) is 29.8. The molecule has 1 aliphatic carbocycles. The molecule has 3 rings (SSSR count). The highest BCUT2D eigenvalue weighted by Gasteiger charge is 2.46. The molecule has 1 aliphatic rings. The van der Waals surface area contributed by atoms with E-state index in [4.69, 9.17) is 24.1 Å². The number of benzene rings is 1. The highest BCUT2D eigenvalue weighted by Crippen LogP contribution is 2.40. The monoisotopic (exact) mass is 718 g/mol.